The molecule has 1 aliphatic heterocycles. The van der Waals surface area contributed by atoms with Gasteiger partial charge in [0.05, 0.1) is 0 Å². The van der Waals surface area contributed by atoms with Gasteiger partial charge < -0.3 is 10.1 Å². The van der Waals surface area contributed by atoms with Gasteiger partial charge in [-0.15, -0.1) is 0 Å². The van der Waals surface area contributed by atoms with Gasteiger partial charge in [0, 0.05) is 18.4 Å². The van der Waals surface area contributed by atoms with Gasteiger partial charge in [-0.1, -0.05) is 12.8 Å². The quantitative estimate of drug-likeness (QED) is 0.741. The lowest BCUT2D eigenvalue weighted by molar-refractivity contribution is 0.0551. The second-order valence-corrected chi connectivity index (χ2v) is 5.41. The SMILES string of the molecule is CC(C)(C)OC(=O)NC=C1CCCCCCN1. The molecule has 2 N–H and O–H groups in total. The number of nitrogens with one attached hydrogen (secondary N) is 2. The molecule has 0 atom stereocenters. The van der Waals surface area contributed by atoms with Crippen molar-refractivity contribution in [2.45, 2.75) is 58.5 Å². The molecular weight excluding hydrogens is 216 g/mol. The van der Waals surface area contributed by atoms with E-state index >= 15 is 0 Å². The molecule has 4 nitrogen and oxygen atoms in total. The van der Waals surface area contributed by atoms with Gasteiger partial charge in [-0.2, -0.15) is 0 Å². The Morgan fingerprint density at radius 3 is 2.71 bits per heavy atom. The molecule has 98 valence electrons. The minimum Gasteiger partial charge on any atom is -0.444 e. The zero-order chi connectivity index (χ0) is 12.7. The third kappa shape index (κ3) is 6.87. The van der Waals surface area contributed by atoms with Crippen molar-refractivity contribution in [1.29, 1.82) is 0 Å². The number of alkyl carbamates (subject to hydrolysis) is 1. The fourth-order valence-corrected chi connectivity index (χ4v) is 1.71. The molecular formula is C13H24N2O2. The van der Waals surface area contributed by atoms with Gasteiger partial charge in [0.2, 0.25) is 0 Å². The molecule has 0 bridgehead atoms. The van der Waals surface area contributed by atoms with E-state index in [2.05, 4.69) is 10.6 Å². The zero-order valence-electron chi connectivity index (χ0n) is 11.1. The van der Waals surface area contributed by atoms with Crippen LogP contribution in [0.4, 0.5) is 4.79 Å². The van der Waals surface area contributed by atoms with Crippen LogP contribution in [0.25, 0.3) is 0 Å². The van der Waals surface area contributed by atoms with Gasteiger partial charge >= 0.3 is 6.09 Å². The monoisotopic (exact) mass is 240 g/mol. The van der Waals surface area contributed by atoms with E-state index in [9.17, 15) is 4.79 Å². The molecule has 1 aliphatic rings. The summed E-state index contributed by atoms with van der Waals surface area (Å²) >= 11 is 0. The van der Waals surface area contributed by atoms with Crippen LogP contribution in [0.15, 0.2) is 11.9 Å². The van der Waals surface area contributed by atoms with Gasteiger partial charge in [-0.05, 0) is 40.0 Å². The molecule has 17 heavy (non-hydrogen) atoms. The van der Waals surface area contributed by atoms with E-state index in [0.29, 0.717) is 0 Å². The highest BCUT2D eigenvalue weighted by atomic mass is 16.6. The van der Waals surface area contributed by atoms with E-state index in [1.807, 2.05) is 20.8 Å². The predicted octanol–water partition coefficient (Wildman–Crippen LogP) is 2.91. The molecule has 0 aromatic carbocycles. The molecule has 1 amide bonds. The van der Waals surface area contributed by atoms with Crippen molar-refractivity contribution in [1.82, 2.24) is 10.6 Å². The van der Waals surface area contributed by atoms with Crippen LogP contribution < -0.4 is 10.6 Å². The standard InChI is InChI=1S/C13H24N2O2/c1-13(2,3)17-12(16)15-10-11-8-6-4-5-7-9-14-11/h10,14H,4-9H2,1-3H3,(H,15,16). The van der Waals surface area contributed by atoms with E-state index < -0.39 is 11.7 Å². The van der Waals surface area contributed by atoms with Gasteiger partial charge in [0.15, 0.2) is 0 Å². The number of carbonyl (C=O) groups excluding carboxylic acids is 1. The zero-order valence-corrected chi connectivity index (χ0v) is 11.1. The van der Waals surface area contributed by atoms with E-state index in [4.69, 9.17) is 4.74 Å². The summed E-state index contributed by atoms with van der Waals surface area (Å²) in [5, 5.41) is 6.00. The average molecular weight is 240 g/mol. The Balaban J connectivity index is 2.37. The van der Waals surface area contributed by atoms with Crippen LogP contribution in [0.2, 0.25) is 0 Å². The lowest BCUT2D eigenvalue weighted by Crippen LogP contribution is -2.30. The van der Waals surface area contributed by atoms with E-state index in [-0.39, 0.29) is 0 Å². The van der Waals surface area contributed by atoms with Crippen molar-refractivity contribution in [3.63, 3.8) is 0 Å². The number of carbonyl (C=O) groups is 1. The summed E-state index contributed by atoms with van der Waals surface area (Å²) in [4.78, 5) is 11.4. The van der Waals surface area contributed by atoms with Gasteiger partial charge in [0.1, 0.15) is 5.60 Å². The third-order valence-corrected chi connectivity index (χ3v) is 2.49. The Labute approximate surface area is 104 Å². The maximum absolute atomic E-state index is 11.4. The number of allylic oxidation sites excluding steroid dienone is 1. The van der Waals surface area contributed by atoms with Gasteiger partial charge in [-0.25, -0.2) is 4.79 Å². The Kier molecular flexibility index (Phi) is 5.32. The molecule has 1 heterocycles. The highest BCUT2D eigenvalue weighted by molar-refractivity contribution is 5.68. The highest BCUT2D eigenvalue weighted by Gasteiger charge is 2.15. The van der Waals surface area contributed by atoms with E-state index in [1.54, 1.807) is 6.20 Å². The number of amides is 1. The summed E-state index contributed by atoms with van der Waals surface area (Å²) < 4.78 is 5.16. The van der Waals surface area contributed by atoms with Gasteiger partial charge in [-0.3, -0.25) is 5.32 Å². The summed E-state index contributed by atoms with van der Waals surface area (Å²) in [6.07, 6.45) is 7.27. The molecule has 0 aromatic heterocycles. The second-order valence-electron chi connectivity index (χ2n) is 5.41. The summed E-state index contributed by atoms with van der Waals surface area (Å²) in [6.45, 7) is 6.55. The first-order chi connectivity index (χ1) is 7.97. The molecule has 0 radical (unpaired) electrons. The number of hydrogen-bond acceptors (Lipinski definition) is 3. The van der Waals surface area contributed by atoms with Crippen molar-refractivity contribution in [3.8, 4) is 0 Å². The molecule has 0 saturated carbocycles. The maximum Gasteiger partial charge on any atom is 0.411 e. The van der Waals surface area contributed by atoms with E-state index in [1.165, 1.54) is 25.7 Å². The minimum absolute atomic E-state index is 0.395. The van der Waals surface area contributed by atoms with Crippen molar-refractivity contribution in [2.24, 2.45) is 0 Å². The largest absolute Gasteiger partial charge is 0.444 e. The lowest BCUT2D eigenvalue weighted by atomic mass is 10.1. The van der Waals surface area contributed by atoms with E-state index in [0.717, 1.165) is 18.7 Å². The smallest absolute Gasteiger partial charge is 0.411 e. The number of rotatable bonds is 1. The van der Waals surface area contributed by atoms with Crippen molar-refractivity contribution >= 4 is 6.09 Å². The molecule has 0 aliphatic carbocycles. The Morgan fingerprint density at radius 1 is 1.29 bits per heavy atom. The average Bonchev–Trinajstić information content (AvgIpc) is 2.13. The molecule has 1 fully saturated rings. The van der Waals surface area contributed by atoms with Crippen LogP contribution in [0.3, 0.4) is 0 Å². The summed E-state index contributed by atoms with van der Waals surface area (Å²) in [6, 6.07) is 0. The van der Waals surface area contributed by atoms with Crippen molar-refractivity contribution < 1.29 is 9.53 Å². The topological polar surface area (TPSA) is 50.4 Å². The molecule has 0 aromatic rings. The molecule has 1 saturated heterocycles. The first-order valence-corrected chi connectivity index (χ1v) is 6.40. The minimum atomic E-state index is -0.447. The van der Waals surface area contributed by atoms with Crippen LogP contribution in [0.1, 0.15) is 52.9 Å². The second kappa shape index (κ2) is 6.52. The van der Waals surface area contributed by atoms with Crippen molar-refractivity contribution in [2.75, 3.05) is 6.54 Å². The number of ether oxygens (including phenoxy) is 1. The van der Waals surface area contributed by atoms with Crippen molar-refractivity contribution in [3.05, 3.63) is 11.9 Å². The Morgan fingerprint density at radius 2 is 2.00 bits per heavy atom. The first-order valence-electron chi connectivity index (χ1n) is 6.40. The normalized spacial score (nSPS) is 20.1. The first kappa shape index (κ1) is 13.9. The third-order valence-electron chi connectivity index (χ3n) is 2.49. The predicted molar refractivity (Wildman–Crippen MR) is 68.5 cm³/mol. The lowest BCUT2D eigenvalue weighted by Gasteiger charge is -2.19. The fourth-order valence-electron chi connectivity index (χ4n) is 1.71. The maximum atomic E-state index is 11.4. The van der Waals surface area contributed by atoms with Crippen LogP contribution in [-0.4, -0.2) is 18.2 Å². The highest BCUT2D eigenvalue weighted by Crippen LogP contribution is 2.11. The summed E-state index contributed by atoms with van der Waals surface area (Å²) in [5.41, 5.74) is 0.646. The van der Waals surface area contributed by atoms with Crippen LogP contribution in [-0.2, 0) is 4.74 Å². The molecule has 1 rings (SSSR count). The van der Waals surface area contributed by atoms with Gasteiger partial charge in [0.25, 0.3) is 0 Å². The molecule has 0 unspecified atom stereocenters. The van der Waals surface area contributed by atoms with Crippen LogP contribution in [0, 0.1) is 0 Å². The molecule has 0 spiro atoms. The summed E-state index contributed by atoms with van der Waals surface area (Å²) in [7, 11) is 0. The fraction of sp³-hybridized carbons (Fsp3) is 0.769. The van der Waals surface area contributed by atoms with Crippen LogP contribution in [0.5, 0.6) is 0 Å². The summed E-state index contributed by atoms with van der Waals surface area (Å²) in [5.74, 6) is 0. The Bertz CT molecular complexity index is 270. The molecule has 4 heteroatoms. The number of hydrogen-bond donors (Lipinski definition) is 2. The van der Waals surface area contributed by atoms with Crippen LogP contribution >= 0.6 is 0 Å². The Hall–Kier alpha value is -1.19.